The van der Waals surface area contributed by atoms with Crippen LogP contribution in [0.3, 0.4) is 0 Å². The molecule has 2 aliphatic heterocycles. The number of nitrogens with zero attached hydrogens (tertiary/aromatic N) is 2. The molecule has 0 bridgehead atoms. The Labute approximate surface area is 192 Å². The van der Waals surface area contributed by atoms with E-state index in [4.69, 9.17) is 14.2 Å². The van der Waals surface area contributed by atoms with Crippen LogP contribution in [0, 0.1) is 0 Å². The number of hydrogen-bond donors (Lipinski definition) is 0. The number of methoxy groups -OCH3 is 2. The highest BCUT2D eigenvalue weighted by atomic mass is 79.9. The van der Waals surface area contributed by atoms with Crippen molar-refractivity contribution in [2.45, 2.75) is 25.0 Å². The second kappa shape index (κ2) is 10.0. The molecular weight excluding hydrogens is 460 g/mol. The second-order valence-electron chi connectivity index (χ2n) is 8.00. The van der Waals surface area contributed by atoms with Gasteiger partial charge >= 0.3 is 0 Å². The smallest absolute Gasteiger partial charge is 0.237 e. The lowest BCUT2D eigenvalue weighted by Gasteiger charge is -2.34. The summed E-state index contributed by atoms with van der Waals surface area (Å²) < 4.78 is 18.0. The average Bonchev–Trinajstić information content (AvgIpc) is 3.29. The van der Waals surface area contributed by atoms with Crippen LogP contribution in [-0.2, 0) is 9.53 Å². The first-order valence-electron chi connectivity index (χ1n) is 10.7. The summed E-state index contributed by atoms with van der Waals surface area (Å²) in [7, 11) is 3.33. The molecule has 166 valence electrons. The Hall–Kier alpha value is -2.09. The molecule has 0 aromatic heterocycles. The average molecular weight is 489 g/mol. The summed E-state index contributed by atoms with van der Waals surface area (Å²) >= 11 is 3.48. The lowest BCUT2D eigenvalue weighted by atomic mass is 10.0. The van der Waals surface area contributed by atoms with Crippen molar-refractivity contribution >= 4 is 21.8 Å². The Bertz CT molecular complexity index is 905. The molecule has 2 fully saturated rings. The van der Waals surface area contributed by atoms with E-state index >= 15 is 0 Å². The SMILES string of the molecule is COc1ccc(OC)c(C2CCCN2C(=O)CN2CCOC(c3ccc(Br)cc3)C2)c1. The first kappa shape index (κ1) is 22.1. The van der Waals surface area contributed by atoms with Gasteiger partial charge in [-0.05, 0) is 48.7 Å². The third kappa shape index (κ3) is 5.05. The van der Waals surface area contributed by atoms with Gasteiger partial charge in [-0.3, -0.25) is 9.69 Å². The Morgan fingerprint density at radius 3 is 2.68 bits per heavy atom. The molecule has 2 aromatic rings. The van der Waals surface area contributed by atoms with Gasteiger partial charge in [0.2, 0.25) is 5.91 Å². The minimum Gasteiger partial charge on any atom is -0.497 e. The number of morpholine rings is 1. The Morgan fingerprint density at radius 2 is 1.94 bits per heavy atom. The van der Waals surface area contributed by atoms with Crippen molar-refractivity contribution in [1.29, 1.82) is 0 Å². The number of likely N-dealkylation sites (tertiary alicyclic amines) is 1. The van der Waals surface area contributed by atoms with Crippen LogP contribution in [-0.4, -0.2) is 62.7 Å². The lowest BCUT2D eigenvalue weighted by molar-refractivity contribution is -0.135. The molecule has 31 heavy (non-hydrogen) atoms. The Morgan fingerprint density at radius 1 is 1.13 bits per heavy atom. The summed E-state index contributed by atoms with van der Waals surface area (Å²) in [5.74, 6) is 1.73. The predicted octanol–water partition coefficient (Wildman–Crippen LogP) is 4.20. The number of amides is 1. The molecule has 0 radical (unpaired) electrons. The summed E-state index contributed by atoms with van der Waals surface area (Å²) in [5.41, 5.74) is 2.16. The second-order valence-corrected chi connectivity index (χ2v) is 8.91. The van der Waals surface area contributed by atoms with Crippen LogP contribution in [0.25, 0.3) is 0 Å². The van der Waals surface area contributed by atoms with Crippen LogP contribution in [0.15, 0.2) is 46.9 Å². The normalized spacial score (nSPS) is 21.8. The first-order valence-corrected chi connectivity index (χ1v) is 11.5. The van der Waals surface area contributed by atoms with Crippen molar-refractivity contribution in [1.82, 2.24) is 9.80 Å². The topological polar surface area (TPSA) is 51.2 Å². The van der Waals surface area contributed by atoms with Crippen molar-refractivity contribution in [2.75, 3.05) is 47.0 Å². The molecule has 2 unspecified atom stereocenters. The van der Waals surface area contributed by atoms with Crippen LogP contribution >= 0.6 is 15.9 Å². The molecule has 2 saturated heterocycles. The van der Waals surface area contributed by atoms with Crippen molar-refractivity contribution in [2.24, 2.45) is 0 Å². The first-order chi connectivity index (χ1) is 15.1. The van der Waals surface area contributed by atoms with Gasteiger partial charge in [-0.25, -0.2) is 0 Å². The lowest BCUT2D eigenvalue weighted by Crippen LogP contribution is -2.45. The van der Waals surface area contributed by atoms with Crippen molar-refractivity contribution < 1.29 is 19.0 Å². The molecule has 0 aliphatic carbocycles. The Kier molecular flexibility index (Phi) is 7.15. The largest absolute Gasteiger partial charge is 0.497 e. The monoisotopic (exact) mass is 488 g/mol. The molecule has 2 aromatic carbocycles. The maximum atomic E-state index is 13.3. The fourth-order valence-corrected chi connectivity index (χ4v) is 4.76. The van der Waals surface area contributed by atoms with Gasteiger partial charge in [0.15, 0.2) is 0 Å². The molecule has 0 saturated carbocycles. The molecule has 0 spiro atoms. The van der Waals surface area contributed by atoms with Crippen LogP contribution in [0.2, 0.25) is 0 Å². The molecule has 4 rings (SSSR count). The highest BCUT2D eigenvalue weighted by molar-refractivity contribution is 9.10. The molecular formula is C24H29BrN2O4. The van der Waals surface area contributed by atoms with E-state index < -0.39 is 0 Å². The number of halogens is 1. The standard InChI is InChI=1S/C24H29BrN2O4/c1-29-19-9-10-22(30-2)20(14-19)21-4-3-11-27(21)24(28)16-26-12-13-31-23(15-26)17-5-7-18(25)8-6-17/h5-10,14,21,23H,3-4,11-13,15-16H2,1-2H3. The van der Waals surface area contributed by atoms with E-state index in [1.54, 1.807) is 14.2 Å². The molecule has 0 N–H and O–H groups in total. The number of hydrogen-bond acceptors (Lipinski definition) is 5. The minimum absolute atomic E-state index is 0.0116. The van der Waals surface area contributed by atoms with E-state index in [-0.39, 0.29) is 18.1 Å². The van der Waals surface area contributed by atoms with Crippen LogP contribution in [0.5, 0.6) is 11.5 Å². The Balaban J connectivity index is 1.45. The maximum absolute atomic E-state index is 13.3. The van der Waals surface area contributed by atoms with E-state index in [1.165, 1.54) is 0 Å². The summed E-state index contributed by atoms with van der Waals surface area (Å²) in [6.07, 6.45) is 1.91. The molecule has 2 aliphatic rings. The van der Waals surface area contributed by atoms with Crippen LogP contribution in [0.4, 0.5) is 0 Å². The van der Waals surface area contributed by atoms with Gasteiger partial charge in [0.25, 0.3) is 0 Å². The summed E-state index contributed by atoms with van der Waals surface area (Å²) in [4.78, 5) is 17.5. The number of carbonyl (C=O) groups excluding carboxylic acids is 1. The highest BCUT2D eigenvalue weighted by Crippen LogP contribution is 2.39. The summed E-state index contributed by atoms with van der Waals surface area (Å²) in [6, 6.07) is 14.0. The molecule has 1 amide bonds. The molecule has 7 heteroatoms. The van der Waals surface area contributed by atoms with Gasteiger partial charge in [-0.2, -0.15) is 0 Å². The molecule has 2 atom stereocenters. The van der Waals surface area contributed by atoms with Crippen LogP contribution < -0.4 is 9.47 Å². The highest BCUT2D eigenvalue weighted by Gasteiger charge is 2.33. The van der Waals surface area contributed by atoms with E-state index in [2.05, 4.69) is 33.0 Å². The van der Waals surface area contributed by atoms with Gasteiger partial charge in [0.05, 0.1) is 39.5 Å². The van der Waals surface area contributed by atoms with Gasteiger partial charge < -0.3 is 19.1 Å². The van der Waals surface area contributed by atoms with Gasteiger partial charge in [-0.1, -0.05) is 28.1 Å². The van der Waals surface area contributed by atoms with Crippen molar-refractivity contribution in [3.8, 4) is 11.5 Å². The number of ether oxygens (including phenoxy) is 3. The van der Waals surface area contributed by atoms with E-state index in [0.29, 0.717) is 19.7 Å². The zero-order valence-electron chi connectivity index (χ0n) is 18.1. The summed E-state index contributed by atoms with van der Waals surface area (Å²) in [6.45, 7) is 3.28. The number of carbonyl (C=O) groups is 1. The van der Waals surface area contributed by atoms with Crippen molar-refractivity contribution in [3.05, 3.63) is 58.1 Å². The predicted molar refractivity (Wildman–Crippen MR) is 123 cm³/mol. The maximum Gasteiger partial charge on any atom is 0.237 e. The van der Waals surface area contributed by atoms with E-state index in [1.807, 2.05) is 35.2 Å². The fraction of sp³-hybridized carbons (Fsp3) is 0.458. The van der Waals surface area contributed by atoms with Gasteiger partial charge in [0, 0.05) is 29.7 Å². The molecule has 6 nitrogen and oxygen atoms in total. The zero-order chi connectivity index (χ0) is 21.8. The number of benzene rings is 2. The number of rotatable bonds is 6. The third-order valence-electron chi connectivity index (χ3n) is 6.12. The fourth-order valence-electron chi connectivity index (χ4n) is 4.50. The minimum atomic E-state index is -0.0116. The van der Waals surface area contributed by atoms with Crippen LogP contribution in [0.1, 0.15) is 36.1 Å². The van der Waals surface area contributed by atoms with Gasteiger partial charge in [-0.15, -0.1) is 0 Å². The van der Waals surface area contributed by atoms with E-state index in [0.717, 1.165) is 53.0 Å². The van der Waals surface area contributed by atoms with Crippen molar-refractivity contribution in [3.63, 3.8) is 0 Å². The quantitative estimate of drug-likeness (QED) is 0.609. The van der Waals surface area contributed by atoms with E-state index in [9.17, 15) is 4.79 Å². The summed E-state index contributed by atoms with van der Waals surface area (Å²) in [5, 5.41) is 0. The molecule has 2 heterocycles. The zero-order valence-corrected chi connectivity index (χ0v) is 19.6. The third-order valence-corrected chi connectivity index (χ3v) is 6.65. The van der Waals surface area contributed by atoms with Gasteiger partial charge in [0.1, 0.15) is 11.5 Å².